The first-order valence-corrected chi connectivity index (χ1v) is 2.21. The van der Waals surface area contributed by atoms with Gasteiger partial charge in [-0.2, -0.15) is 6.42 Å². The quantitative estimate of drug-likeness (QED) is 0.655. The van der Waals surface area contributed by atoms with Gasteiger partial charge in [0.15, 0.2) is 0 Å². The average Bonchev–Trinajstić information content (AvgIpc) is 1.41. The zero-order chi connectivity index (χ0) is 4.12. The van der Waals surface area contributed by atoms with E-state index in [2.05, 4.69) is 13.8 Å². The minimum atomic E-state index is 0. The molecular weight excluding hydrogens is 231 g/mol. The largest absolute Gasteiger partial charge is 0.358 e. The molecule has 0 aliphatic heterocycles. The fourth-order valence-electron chi connectivity index (χ4n) is 0.250. The van der Waals surface area contributed by atoms with Crippen molar-refractivity contribution in [1.29, 1.82) is 0 Å². The molecule has 0 fully saturated rings. The van der Waals surface area contributed by atoms with E-state index in [9.17, 15) is 0 Å². The Morgan fingerprint density at radius 3 is 1.86 bits per heavy atom. The summed E-state index contributed by atoms with van der Waals surface area (Å²) in [5.74, 6) is 0. The van der Waals surface area contributed by atoms with Crippen LogP contribution in [0.4, 0.5) is 0 Å². The molecule has 0 unspecified atom stereocenters. The normalized spacial score (nSPS) is 6.00. The molecule has 0 nitrogen and oxygen atoms in total. The molecule has 0 aromatic heterocycles. The Kier molecular flexibility index (Phi) is 35.2. The van der Waals surface area contributed by atoms with Crippen LogP contribution >= 0.6 is 0 Å². The van der Waals surface area contributed by atoms with Gasteiger partial charge in [0.25, 0.3) is 0 Å². The molecule has 0 saturated carbocycles. The standard InChI is InChI=1S/C5H11.CH3.Tb/c1-3-5-4-2;;/h1,3-5H2,2H3;1H3;/q2*-1;. The third kappa shape index (κ3) is 18.9. The van der Waals surface area contributed by atoms with Crippen LogP contribution < -0.4 is 0 Å². The molecule has 0 amide bonds. The minimum Gasteiger partial charge on any atom is -0.358 e. The van der Waals surface area contributed by atoms with Crippen LogP contribution in [-0.4, -0.2) is 0 Å². The molecule has 0 rings (SSSR count). The van der Waals surface area contributed by atoms with E-state index in [1.165, 1.54) is 12.8 Å². The predicted molar refractivity (Wildman–Crippen MR) is 31.3 cm³/mol. The van der Waals surface area contributed by atoms with Crippen molar-refractivity contribution in [2.45, 2.75) is 26.2 Å². The second kappa shape index (κ2) is 15.7. The Bertz CT molecular complexity index is 11.7. The van der Waals surface area contributed by atoms with Gasteiger partial charge >= 0.3 is 0 Å². The number of hydrogen-bond acceptors (Lipinski definition) is 0. The molecule has 0 aromatic carbocycles. The van der Waals surface area contributed by atoms with E-state index < -0.39 is 0 Å². The van der Waals surface area contributed by atoms with Crippen LogP contribution in [0.25, 0.3) is 0 Å². The van der Waals surface area contributed by atoms with Crippen molar-refractivity contribution in [3.63, 3.8) is 0 Å². The SMILES string of the molecule is [CH2-]CCCC.[CH3-].[Tb]. The van der Waals surface area contributed by atoms with Crippen LogP contribution in [0, 0.1) is 53.0 Å². The third-order valence-electron chi connectivity index (χ3n) is 0.604. The second-order valence-electron chi connectivity index (χ2n) is 1.21. The number of unbranched alkanes of at least 4 members (excludes halogenated alkanes) is 2. The van der Waals surface area contributed by atoms with E-state index in [1.54, 1.807) is 0 Å². The Hall–Kier alpha value is 1.29. The van der Waals surface area contributed by atoms with Gasteiger partial charge in [0.1, 0.15) is 0 Å². The molecule has 0 saturated heterocycles. The molecule has 1 heteroatoms. The maximum absolute atomic E-state index is 3.68. The van der Waals surface area contributed by atoms with E-state index in [1.807, 2.05) is 0 Å². The van der Waals surface area contributed by atoms with Crippen LogP contribution in [0.2, 0.25) is 0 Å². The molecule has 0 heterocycles. The van der Waals surface area contributed by atoms with Crippen molar-refractivity contribution in [1.82, 2.24) is 0 Å². The van der Waals surface area contributed by atoms with Gasteiger partial charge in [-0.25, -0.2) is 0 Å². The fraction of sp³-hybridized carbons (Fsp3) is 0.667. The summed E-state index contributed by atoms with van der Waals surface area (Å²) in [4.78, 5) is 0. The number of hydrogen-bond donors (Lipinski definition) is 0. The van der Waals surface area contributed by atoms with Crippen LogP contribution in [0.15, 0.2) is 0 Å². The van der Waals surface area contributed by atoms with Gasteiger partial charge < -0.3 is 14.4 Å². The molecule has 0 aliphatic carbocycles. The van der Waals surface area contributed by atoms with Crippen molar-refractivity contribution in [2.24, 2.45) is 0 Å². The summed E-state index contributed by atoms with van der Waals surface area (Å²) in [5.41, 5.74) is 0. The molecule has 0 aromatic rings. The summed E-state index contributed by atoms with van der Waals surface area (Å²) >= 11 is 0. The van der Waals surface area contributed by atoms with E-state index in [4.69, 9.17) is 0 Å². The Balaban J connectivity index is -0.0000000800. The molecule has 0 bridgehead atoms. The molecule has 7 heavy (non-hydrogen) atoms. The molecule has 0 spiro atoms. The first-order chi connectivity index (χ1) is 2.41. The maximum Gasteiger partial charge on any atom is 0 e. The van der Waals surface area contributed by atoms with Gasteiger partial charge in [0.2, 0.25) is 0 Å². The predicted octanol–water partition coefficient (Wildman–Crippen LogP) is 2.46. The van der Waals surface area contributed by atoms with Crippen molar-refractivity contribution in [3.8, 4) is 0 Å². The van der Waals surface area contributed by atoms with Crippen LogP contribution in [0.1, 0.15) is 26.2 Å². The van der Waals surface area contributed by atoms with E-state index >= 15 is 0 Å². The molecule has 0 atom stereocenters. The maximum atomic E-state index is 3.68. The molecule has 1 radical (unpaired) electrons. The zero-order valence-electron chi connectivity index (χ0n) is 5.16. The Morgan fingerprint density at radius 1 is 1.43 bits per heavy atom. The van der Waals surface area contributed by atoms with E-state index in [0.717, 1.165) is 6.42 Å². The van der Waals surface area contributed by atoms with E-state index in [-0.39, 0.29) is 46.0 Å². The summed E-state index contributed by atoms with van der Waals surface area (Å²) in [7, 11) is 0. The topological polar surface area (TPSA) is 0 Å². The molecule has 0 aliphatic rings. The summed E-state index contributed by atoms with van der Waals surface area (Å²) in [6.07, 6.45) is 3.65. The second-order valence-corrected chi connectivity index (χ2v) is 1.21. The van der Waals surface area contributed by atoms with Crippen LogP contribution in [0.5, 0.6) is 0 Å². The molecule has 0 N–H and O–H groups in total. The minimum absolute atomic E-state index is 0. The molecular formula is C6H14Tb-2. The van der Waals surface area contributed by atoms with Gasteiger partial charge in [-0.3, -0.25) is 0 Å². The summed E-state index contributed by atoms with van der Waals surface area (Å²) < 4.78 is 0. The van der Waals surface area contributed by atoms with Gasteiger partial charge in [-0.15, -0.1) is 0 Å². The van der Waals surface area contributed by atoms with Crippen LogP contribution in [0.3, 0.4) is 0 Å². The monoisotopic (exact) mass is 245 g/mol. The van der Waals surface area contributed by atoms with Crippen molar-refractivity contribution in [2.75, 3.05) is 0 Å². The third-order valence-corrected chi connectivity index (χ3v) is 0.604. The molecule has 49 valence electrons. The Labute approximate surface area is 78.5 Å². The smallest absolute Gasteiger partial charge is 0 e. The van der Waals surface area contributed by atoms with Crippen molar-refractivity contribution >= 4 is 0 Å². The van der Waals surface area contributed by atoms with Crippen molar-refractivity contribution < 1.29 is 38.6 Å². The number of rotatable bonds is 2. The van der Waals surface area contributed by atoms with Crippen LogP contribution in [-0.2, 0) is 0 Å². The summed E-state index contributed by atoms with van der Waals surface area (Å²) in [6, 6.07) is 0. The summed E-state index contributed by atoms with van der Waals surface area (Å²) in [6.45, 7) is 5.85. The van der Waals surface area contributed by atoms with Gasteiger partial charge in [0, 0.05) is 38.6 Å². The van der Waals surface area contributed by atoms with Gasteiger partial charge in [-0.1, -0.05) is 19.8 Å². The van der Waals surface area contributed by atoms with Gasteiger partial charge in [0.05, 0.1) is 0 Å². The van der Waals surface area contributed by atoms with Crippen molar-refractivity contribution in [3.05, 3.63) is 14.4 Å². The zero-order valence-corrected chi connectivity index (χ0v) is 7.30. The average molecular weight is 245 g/mol. The Morgan fingerprint density at radius 2 is 1.86 bits per heavy atom. The first-order valence-electron chi connectivity index (χ1n) is 2.21. The van der Waals surface area contributed by atoms with E-state index in [0.29, 0.717) is 0 Å². The van der Waals surface area contributed by atoms with Gasteiger partial charge in [-0.05, 0) is 0 Å². The summed E-state index contributed by atoms with van der Waals surface area (Å²) in [5, 5.41) is 0. The fourth-order valence-corrected chi connectivity index (χ4v) is 0.250. The first kappa shape index (κ1) is 15.7.